The molecule has 2 aliphatic rings. The molecule has 0 aromatic carbocycles. The fraction of sp³-hybridized carbons (Fsp3) is 0.867. The molecule has 1 N–H and O–H groups in total. The molecule has 0 saturated carbocycles. The molecule has 2 aliphatic heterocycles. The van der Waals surface area contributed by atoms with Crippen molar-refractivity contribution in [2.45, 2.75) is 38.6 Å². The first-order chi connectivity index (χ1) is 10.1. The fourth-order valence-corrected chi connectivity index (χ4v) is 3.26. The second-order valence-electron chi connectivity index (χ2n) is 6.12. The summed E-state index contributed by atoms with van der Waals surface area (Å²) in [6, 6.07) is -0.0899. The number of carboxylic acids is 1. The average molecular weight is 297 g/mol. The highest BCUT2D eigenvalue weighted by molar-refractivity contribution is 5.81. The van der Waals surface area contributed by atoms with Crippen LogP contribution in [0.2, 0.25) is 0 Å². The smallest absolute Gasteiger partial charge is 0.317 e. The predicted octanol–water partition coefficient (Wildman–Crippen LogP) is 0.480. The van der Waals surface area contributed by atoms with Crippen LogP contribution in [0.1, 0.15) is 32.6 Å². The van der Waals surface area contributed by atoms with Crippen LogP contribution in [0.15, 0.2) is 0 Å². The topological polar surface area (TPSA) is 64.1 Å². The maximum Gasteiger partial charge on any atom is 0.317 e. The molecular formula is C15H27N3O3. The van der Waals surface area contributed by atoms with Gasteiger partial charge in [0.1, 0.15) is 0 Å². The van der Waals surface area contributed by atoms with Crippen LogP contribution in [0.3, 0.4) is 0 Å². The standard InChI is InChI=1S/C15H27N3O3/c1-13(15(21)18-7-3-2-4-8-18)17-9-5-6-16(10-11-17)12-14(19)20/h13H,2-12H2,1H3,(H,19,20). The zero-order valence-electron chi connectivity index (χ0n) is 13.0. The van der Waals surface area contributed by atoms with Gasteiger partial charge in [0.15, 0.2) is 0 Å². The molecule has 0 aliphatic carbocycles. The van der Waals surface area contributed by atoms with Gasteiger partial charge in [-0.2, -0.15) is 0 Å². The molecule has 2 saturated heterocycles. The Morgan fingerprint density at radius 3 is 2.33 bits per heavy atom. The highest BCUT2D eigenvalue weighted by atomic mass is 16.4. The molecule has 1 amide bonds. The molecule has 120 valence electrons. The van der Waals surface area contributed by atoms with Crippen molar-refractivity contribution in [2.24, 2.45) is 0 Å². The molecule has 1 unspecified atom stereocenters. The summed E-state index contributed by atoms with van der Waals surface area (Å²) in [6.45, 7) is 7.04. The summed E-state index contributed by atoms with van der Waals surface area (Å²) in [5.74, 6) is -0.540. The molecule has 0 aromatic rings. The van der Waals surface area contributed by atoms with Gasteiger partial charge in [-0.3, -0.25) is 19.4 Å². The Labute approximate surface area is 126 Å². The lowest BCUT2D eigenvalue weighted by Crippen LogP contribution is -2.49. The van der Waals surface area contributed by atoms with E-state index in [0.717, 1.165) is 58.5 Å². The number of aliphatic carboxylic acids is 1. The zero-order valence-corrected chi connectivity index (χ0v) is 13.0. The third-order valence-corrected chi connectivity index (χ3v) is 4.55. The molecular weight excluding hydrogens is 270 g/mol. The summed E-state index contributed by atoms with van der Waals surface area (Å²) in [4.78, 5) is 29.5. The van der Waals surface area contributed by atoms with Crippen molar-refractivity contribution in [3.63, 3.8) is 0 Å². The van der Waals surface area contributed by atoms with Crippen molar-refractivity contribution in [1.29, 1.82) is 0 Å². The highest BCUT2D eigenvalue weighted by Gasteiger charge is 2.28. The molecule has 2 rings (SSSR count). The number of likely N-dealkylation sites (tertiary alicyclic amines) is 1. The molecule has 0 radical (unpaired) electrons. The van der Waals surface area contributed by atoms with Gasteiger partial charge in [0.25, 0.3) is 0 Å². The number of carbonyl (C=O) groups excluding carboxylic acids is 1. The Morgan fingerprint density at radius 1 is 0.952 bits per heavy atom. The van der Waals surface area contributed by atoms with Gasteiger partial charge in [0, 0.05) is 39.3 Å². The first-order valence-corrected chi connectivity index (χ1v) is 8.05. The van der Waals surface area contributed by atoms with Gasteiger partial charge in [0.05, 0.1) is 12.6 Å². The second kappa shape index (κ2) is 7.75. The normalized spacial score (nSPS) is 23.6. The van der Waals surface area contributed by atoms with Crippen LogP contribution >= 0.6 is 0 Å². The first kappa shape index (κ1) is 16.2. The van der Waals surface area contributed by atoms with Crippen molar-refractivity contribution in [3.05, 3.63) is 0 Å². The van der Waals surface area contributed by atoms with Gasteiger partial charge in [0.2, 0.25) is 5.91 Å². The number of nitrogens with zero attached hydrogens (tertiary/aromatic N) is 3. The van der Waals surface area contributed by atoms with Crippen molar-refractivity contribution in [1.82, 2.24) is 14.7 Å². The van der Waals surface area contributed by atoms with E-state index in [0.29, 0.717) is 0 Å². The quantitative estimate of drug-likeness (QED) is 0.818. The van der Waals surface area contributed by atoms with Crippen LogP contribution < -0.4 is 0 Å². The van der Waals surface area contributed by atoms with E-state index in [1.165, 1.54) is 6.42 Å². The van der Waals surface area contributed by atoms with Crippen LogP contribution in [0, 0.1) is 0 Å². The Bertz CT molecular complexity index is 369. The number of hydrogen-bond acceptors (Lipinski definition) is 4. The minimum atomic E-state index is -0.777. The average Bonchev–Trinajstić information content (AvgIpc) is 2.71. The largest absolute Gasteiger partial charge is 0.480 e. The van der Waals surface area contributed by atoms with Gasteiger partial charge in [-0.25, -0.2) is 0 Å². The summed E-state index contributed by atoms with van der Waals surface area (Å²) in [6.07, 6.45) is 4.38. The molecule has 0 bridgehead atoms. The Balaban J connectivity index is 1.85. The summed E-state index contributed by atoms with van der Waals surface area (Å²) in [7, 11) is 0. The molecule has 1 atom stereocenters. The number of amides is 1. The molecule has 0 aromatic heterocycles. The van der Waals surface area contributed by atoms with E-state index in [4.69, 9.17) is 5.11 Å². The number of hydrogen-bond donors (Lipinski definition) is 1. The lowest BCUT2D eigenvalue weighted by Gasteiger charge is -2.34. The van der Waals surface area contributed by atoms with Crippen molar-refractivity contribution >= 4 is 11.9 Å². The maximum absolute atomic E-state index is 12.5. The zero-order chi connectivity index (χ0) is 15.2. The highest BCUT2D eigenvalue weighted by Crippen LogP contribution is 2.14. The van der Waals surface area contributed by atoms with Gasteiger partial charge in [-0.15, -0.1) is 0 Å². The third-order valence-electron chi connectivity index (χ3n) is 4.55. The third kappa shape index (κ3) is 4.68. The van der Waals surface area contributed by atoms with Crippen molar-refractivity contribution in [3.8, 4) is 0 Å². The van der Waals surface area contributed by atoms with Crippen LogP contribution in [-0.2, 0) is 9.59 Å². The summed E-state index contributed by atoms with van der Waals surface area (Å²) < 4.78 is 0. The Morgan fingerprint density at radius 2 is 1.67 bits per heavy atom. The van der Waals surface area contributed by atoms with Gasteiger partial charge in [-0.05, 0) is 32.6 Å². The SMILES string of the molecule is CC(C(=O)N1CCCCC1)N1CCCN(CC(=O)O)CC1. The van der Waals surface area contributed by atoms with E-state index in [1.807, 2.05) is 16.7 Å². The van der Waals surface area contributed by atoms with Crippen LogP contribution in [0.5, 0.6) is 0 Å². The molecule has 2 fully saturated rings. The van der Waals surface area contributed by atoms with Crippen molar-refractivity contribution in [2.75, 3.05) is 45.8 Å². The first-order valence-electron chi connectivity index (χ1n) is 8.05. The lowest BCUT2D eigenvalue weighted by atomic mass is 10.1. The van der Waals surface area contributed by atoms with Gasteiger partial charge >= 0.3 is 5.97 Å². The van der Waals surface area contributed by atoms with E-state index >= 15 is 0 Å². The van der Waals surface area contributed by atoms with E-state index in [1.54, 1.807) is 0 Å². The number of rotatable bonds is 4. The summed E-state index contributed by atoms with van der Waals surface area (Å²) in [5, 5.41) is 8.87. The molecule has 6 heteroatoms. The predicted molar refractivity (Wildman–Crippen MR) is 80.2 cm³/mol. The minimum Gasteiger partial charge on any atom is -0.480 e. The number of carbonyl (C=O) groups is 2. The molecule has 6 nitrogen and oxygen atoms in total. The monoisotopic (exact) mass is 297 g/mol. The Hall–Kier alpha value is -1.14. The lowest BCUT2D eigenvalue weighted by molar-refractivity contribution is -0.139. The van der Waals surface area contributed by atoms with E-state index < -0.39 is 5.97 Å². The van der Waals surface area contributed by atoms with E-state index in [2.05, 4.69) is 4.90 Å². The minimum absolute atomic E-state index is 0.0899. The van der Waals surface area contributed by atoms with Crippen LogP contribution in [0.4, 0.5) is 0 Å². The van der Waals surface area contributed by atoms with Crippen molar-refractivity contribution < 1.29 is 14.7 Å². The van der Waals surface area contributed by atoms with Crippen LogP contribution in [0.25, 0.3) is 0 Å². The molecule has 2 heterocycles. The van der Waals surface area contributed by atoms with Gasteiger partial charge in [-0.1, -0.05) is 0 Å². The molecule has 0 spiro atoms. The summed E-state index contributed by atoms with van der Waals surface area (Å²) >= 11 is 0. The summed E-state index contributed by atoms with van der Waals surface area (Å²) in [5.41, 5.74) is 0. The number of piperidine rings is 1. The second-order valence-corrected chi connectivity index (χ2v) is 6.12. The maximum atomic E-state index is 12.5. The van der Waals surface area contributed by atoms with Crippen LogP contribution in [-0.4, -0.2) is 83.5 Å². The molecule has 21 heavy (non-hydrogen) atoms. The van der Waals surface area contributed by atoms with E-state index in [-0.39, 0.29) is 18.5 Å². The Kier molecular flexibility index (Phi) is 5.99. The van der Waals surface area contributed by atoms with Gasteiger partial charge < -0.3 is 10.0 Å². The van der Waals surface area contributed by atoms with E-state index in [9.17, 15) is 9.59 Å². The fourth-order valence-electron chi connectivity index (χ4n) is 3.26. The number of carboxylic acid groups (broad SMARTS) is 1.